The number of nitrogens with zero attached hydrogens (tertiary/aromatic N) is 1. The standard InChI is InChI=1S/C12H19NO4S/c1-4-17-11(14)12(8-13)7-10(6-9(12)3)18(15,16)5-2/h9-10H,4-7H2,1-3H3/t9-,10+,12+/m1/s1. The maximum Gasteiger partial charge on any atom is 0.326 e. The van der Waals surface area contributed by atoms with Crippen molar-refractivity contribution in [2.75, 3.05) is 12.4 Å². The van der Waals surface area contributed by atoms with Gasteiger partial charge in [0, 0.05) is 5.75 Å². The van der Waals surface area contributed by atoms with E-state index >= 15 is 0 Å². The second-order valence-corrected chi connectivity index (χ2v) is 7.29. The third-order valence-corrected chi connectivity index (χ3v) is 5.94. The highest BCUT2D eigenvalue weighted by molar-refractivity contribution is 7.92. The SMILES string of the molecule is CCOC(=O)[C@]1(C#N)C[C@@H](S(=O)(=O)CC)C[C@H]1C. The van der Waals surface area contributed by atoms with Gasteiger partial charge in [-0.25, -0.2) is 8.42 Å². The van der Waals surface area contributed by atoms with Gasteiger partial charge >= 0.3 is 5.97 Å². The number of sulfone groups is 1. The van der Waals surface area contributed by atoms with Gasteiger partial charge in [-0.05, 0) is 25.7 Å². The average molecular weight is 273 g/mol. The van der Waals surface area contributed by atoms with E-state index in [1.165, 1.54) is 0 Å². The van der Waals surface area contributed by atoms with Gasteiger partial charge in [0.1, 0.15) is 0 Å². The van der Waals surface area contributed by atoms with E-state index in [4.69, 9.17) is 4.74 Å². The maximum atomic E-state index is 11.9. The van der Waals surface area contributed by atoms with Gasteiger partial charge in [-0.2, -0.15) is 5.26 Å². The normalized spacial score (nSPS) is 31.9. The topological polar surface area (TPSA) is 84.2 Å². The molecule has 0 heterocycles. The summed E-state index contributed by atoms with van der Waals surface area (Å²) < 4.78 is 28.7. The molecule has 0 aromatic heterocycles. The average Bonchev–Trinajstić information content (AvgIpc) is 2.68. The van der Waals surface area contributed by atoms with Gasteiger partial charge in [0.25, 0.3) is 0 Å². The van der Waals surface area contributed by atoms with E-state index in [-0.39, 0.29) is 24.7 Å². The Labute approximate surface area is 108 Å². The van der Waals surface area contributed by atoms with Crippen LogP contribution in [0.4, 0.5) is 0 Å². The third-order valence-electron chi connectivity index (χ3n) is 3.76. The van der Waals surface area contributed by atoms with Crippen molar-refractivity contribution < 1.29 is 17.9 Å². The first-order valence-corrected chi connectivity index (χ1v) is 7.85. The summed E-state index contributed by atoms with van der Waals surface area (Å²) in [7, 11) is -3.22. The van der Waals surface area contributed by atoms with Crippen LogP contribution in [0.1, 0.15) is 33.6 Å². The van der Waals surface area contributed by atoms with Crippen LogP contribution in [-0.4, -0.2) is 32.0 Å². The van der Waals surface area contributed by atoms with E-state index in [0.717, 1.165) is 0 Å². The van der Waals surface area contributed by atoms with Crippen LogP contribution in [0.5, 0.6) is 0 Å². The maximum absolute atomic E-state index is 11.9. The molecule has 0 aromatic rings. The second-order valence-electron chi connectivity index (χ2n) is 4.72. The number of rotatable bonds is 4. The molecule has 0 aliphatic heterocycles. The zero-order chi connectivity index (χ0) is 14.0. The zero-order valence-corrected chi connectivity index (χ0v) is 11.8. The highest BCUT2D eigenvalue weighted by atomic mass is 32.2. The van der Waals surface area contributed by atoms with E-state index in [1.807, 2.05) is 6.07 Å². The summed E-state index contributed by atoms with van der Waals surface area (Å²) in [6.07, 6.45) is 0.405. The molecular formula is C12H19NO4S. The molecule has 0 radical (unpaired) electrons. The summed E-state index contributed by atoms with van der Waals surface area (Å²) in [4.78, 5) is 11.9. The molecule has 5 nitrogen and oxygen atoms in total. The highest BCUT2D eigenvalue weighted by Gasteiger charge is 2.55. The van der Waals surface area contributed by atoms with E-state index in [0.29, 0.717) is 6.42 Å². The second kappa shape index (κ2) is 5.27. The Kier molecular flexibility index (Phi) is 4.38. The van der Waals surface area contributed by atoms with Crippen molar-refractivity contribution in [2.45, 2.75) is 38.9 Å². The molecule has 102 valence electrons. The van der Waals surface area contributed by atoms with Crippen LogP contribution < -0.4 is 0 Å². The molecule has 1 rings (SSSR count). The molecule has 3 atom stereocenters. The molecule has 1 aliphatic rings. The fourth-order valence-corrected chi connectivity index (χ4v) is 4.06. The molecule has 0 N–H and O–H groups in total. The molecule has 18 heavy (non-hydrogen) atoms. The molecular weight excluding hydrogens is 254 g/mol. The van der Waals surface area contributed by atoms with Gasteiger partial charge in [0.15, 0.2) is 15.3 Å². The number of esters is 1. The van der Waals surface area contributed by atoms with Crippen molar-refractivity contribution in [1.82, 2.24) is 0 Å². The van der Waals surface area contributed by atoms with Crippen molar-refractivity contribution in [3.63, 3.8) is 0 Å². The van der Waals surface area contributed by atoms with Gasteiger partial charge in [0.2, 0.25) is 0 Å². The van der Waals surface area contributed by atoms with Crippen LogP contribution in [0.2, 0.25) is 0 Å². The Hall–Kier alpha value is -1.09. The predicted molar refractivity (Wildman–Crippen MR) is 66.3 cm³/mol. The van der Waals surface area contributed by atoms with E-state index in [9.17, 15) is 18.5 Å². The largest absolute Gasteiger partial charge is 0.465 e. The van der Waals surface area contributed by atoms with Gasteiger partial charge in [-0.1, -0.05) is 13.8 Å². The molecule has 0 spiro atoms. The van der Waals surface area contributed by atoms with Gasteiger partial charge in [0.05, 0.1) is 17.9 Å². The van der Waals surface area contributed by atoms with Crippen LogP contribution in [0.15, 0.2) is 0 Å². The molecule has 0 unspecified atom stereocenters. The number of carbonyl (C=O) groups is 1. The summed E-state index contributed by atoms with van der Waals surface area (Å²) in [5, 5.41) is 8.68. The van der Waals surface area contributed by atoms with Gasteiger partial charge < -0.3 is 4.74 Å². The summed E-state index contributed by atoms with van der Waals surface area (Å²) in [5.74, 6) is -0.851. The highest BCUT2D eigenvalue weighted by Crippen LogP contribution is 2.46. The predicted octanol–water partition coefficient (Wildman–Crippen LogP) is 1.29. The quantitative estimate of drug-likeness (QED) is 0.721. The molecule has 0 aromatic carbocycles. The Morgan fingerprint density at radius 2 is 2.11 bits per heavy atom. The monoisotopic (exact) mass is 273 g/mol. The summed E-state index contributed by atoms with van der Waals surface area (Å²) in [6.45, 7) is 5.19. The lowest BCUT2D eigenvalue weighted by molar-refractivity contribution is -0.153. The Bertz CT molecular complexity index is 465. The van der Waals surface area contributed by atoms with Crippen LogP contribution in [0, 0.1) is 22.7 Å². The molecule has 1 aliphatic carbocycles. The van der Waals surface area contributed by atoms with Crippen LogP contribution in [0.25, 0.3) is 0 Å². The van der Waals surface area contributed by atoms with E-state index in [1.54, 1.807) is 20.8 Å². The van der Waals surface area contributed by atoms with Gasteiger partial charge in [-0.3, -0.25) is 4.79 Å². The minimum absolute atomic E-state index is 0.0364. The summed E-state index contributed by atoms with van der Waals surface area (Å²) >= 11 is 0. The zero-order valence-electron chi connectivity index (χ0n) is 11.0. The summed E-state index contributed by atoms with van der Waals surface area (Å²) in [6, 6.07) is 2.00. The first-order valence-electron chi connectivity index (χ1n) is 6.14. The smallest absolute Gasteiger partial charge is 0.326 e. The van der Waals surface area contributed by atoms with Crippen molar-refractivity contribution in [1.29, 1.82) is 5.26 Å². The Morgan fingerprint density at radius 3 is 2.56 bits per heavy atom. The van der Waals surface area contributed by atoms with Crippen molar-refractivity contribution in [3.8, 4) is 6.07 Å². The van der Waals surface area contributed by atoms with Crippen molar-refractivity contribution in [2.24, 2.45) is 11.3 Å². The fourth-order valence-electron chi connectivity index (χ4n) is 2.49. The first kappa shape index (κ1) is 15.0. The Balaban J connectivity index is 3.05. The molecule has 0 bridgehead atoms. The van der Waals surface area contributed by atoms with Crippen LogP contribution in [0.3, 0.4) is 0 Å². The van der Waals surface area contributed by atoms with Crippen molar-refractivity contribution >= 4 is 15.8 Å². The lowest BCUT2D eigenvalue weighted by Crippen LogP contribution is -2.34. The van der Waals surface area contributed by atoms with Crippen LogP contribution in [-0.2, 0) is 19.4 Å². The summed E-state index contributed by atoms with van der Waals surface area (Å²) in [5.41, 5.74) is -1.30. The number of nitriles is 1. The Morgan fingerprint density at radius 1 is 1.50 bits per heavy atom. The number of hydrogen-bond donors (Lipinski definition) is 0. The number of carbonyl (C=O) groups excluding carboxylic acids is 1. The van der Waals surface area contributed by atoms with E-state index < -0.39 is 26.5 Å². The molecule has 1 fully saturated rings. The molecule has 0 amide bonds. The first-order chi connectivity index (χ1) is 8.34. The lowest BCUT2D eigenvalue weighted by Gasteiger charge is -2.22. The molecule has 0 saturated heterocycles. The fraction of sp³-hybridized carbons (Fsp3) is 0.833. The third kappa shape index (κ3) is 2.37. The van der Waals surface area contributed by atoms with E-state index in [2.05, 4.69) is 0 Å². The lowest BCUT2D eigenvalue weighted by atomic mass is 9.80. The van der Waals surface area contributed by atoms with Crippen molar-refractivity contribution in [3.05, 3.63) is 0 Å². The minimum atomic E-state index is -3.22. The molecule has 6 heteroatoms. The minimum Gasteiger partial charge on any atom is -0.465 e. The number of hydrogen-bond acceptors (Lipinski definition) is 5. The number of ether oxygens (including phenoxy) is 1. The van der Waals surface area contributed by atoms with Crippen LogP contribution >= 0.6 is 0 Å². The van der Waals surface area contributed by atoms with Gasteiger partial charge in [-0.15, -0.1) is 0 Å². The molecule has 1 saturated carbocycles.